The number of hydrogen-bond acceptors (Lipinski definition) is 6. The molecule has 1 N–H and O–H groups in total. The monoisotopic (exact) mass is 560 g/mol. The molecule has 1 aliphatic carbocycles. The van der Waals surface area contributed by atoms with E-state index in [1.165, 1.54) is 38.9 Å². The molecule has 2 aromatic heterocycles. The molecule has 1 aliphatic heterocycles. The molecule has 0 atom stereocenters. The third-order valence-electron chi connectivity index (χ3n) is 7.96. The van der Waals surface area contributed by atoms with E-state index in [0.29, 0.717) is 18.4 Å². The number of methoxy groups -OCH3 is 1. The number of amides is 1. The highest BCUT2D eigenvalue weighted by molar-refractivity contribution is 7.87. The number of nitrogens with zero attached hydrogens (tertiary/aromatic N) is 3. The highest BCUT2D eigenvalue weighted by atomic mass is 32.2. The highest BCUT2D eigenvalue weighted by Gasteiger charge is 2.30. The Kier molecular flexibility index (Phi) is 6.75. The van der Waals surface area contributed by atoms with Crippen molar-refractivity contribution in [2.75, 3.05) is 21.2 Å². The third-order valence-corrected chi connectivity index (χ3v) is 9.37. The molecule has 9 nitrogen and oxygen atoms in total. The number of nitrogens with one attached hydrogen (secondary N) is 1. The molecule has 1 fully saturated rings. The number of carbonyl (C=O) groups is 1. The standard InChI is InChI=1S/C30H32N4O5S/c1-33(2)40(36,37)32-29(35)20-9-11-25-26(17-20)34-18-22(30-31-13-14-39-30)15-21-16-23(38-3)10-12-24(21)28(34)27(25)19-7-5-4-6-8-19/h9-17,19H,4-8,18H2,1-3H3,(H,32,35). The van der Waals surface area contributed by atoms with E-state index in [4.69, 9.17) is 9.15 Å². The van der Waals surface area contributed by atoms with Crippen molar-refractivity contribution in [1.82, 2.24) is 18.6 Å². The van der Waals surface area contributed by atoms with E-state index in [1.807, 2.05) is 18.2 Å². The van der Waals surface area contributed by atoms with E-state index < -0.39 is 16.1 Å². The van der Waals surface area contributed by atoms with Gasteiger partial charge in [0.15, 0.2) is 0 Å². The molecule has 0 saturated heterocycles. The fourth-order valence-electron chi connectivity index (χ4n) is 5.96. The fraction of sp³-hybridized carbons (Fsp3) is 0.333. The van der Waals surface area contributed by atoms with Crippen LogP contribution in [0.25, 0.3) is 33.8 Å². The molecule has 0 radical (unpaired) electrons. The van der Waals surface area contributed by atoms with Gasteiger partial charge in [-0.15, -0.1) is 0 Å². The van der Waals surface area contributed by atoms with Crippen molar-refractivity contribution in [2.24, 2.45) is 0 Å². The first kappa shape index (κ1) is 26.3. The number of oxazole rings is 1. The zero-order chi connectivity index (χ0) is 28.0. The number of fused-ring (bicyclic) bond motifs is 5. The molecular weight excluding hydrogens is 528 g/mol. The summed E-state index contributed by atoms with van der Waals surface area (Å²) < 4.78 is 41.4. The molecule has 208 valence electrons. The van der Waals surface area contributed by atoms with Gasteiger partial charge < -0.3 is 13.7 Å². The first-order valence-corrected chi connectivity index (χ1v) is 14.9. The van der Waals surface area contributed by atoms with Gasteiger partial charge in [-0.05, 0) is 66.3 Å². The normalized spacial score (nSPS) is 15.8. The predicted molar refractivity (Wildman–Crippen MR) is 154 cm³/mol. The Morgan fingerprint density at radius 2 is 1.93 bits per heavy atom. The minimum absolute atomic E-state index is 0.272. The van der Waals surface area contributed by atoms with Crippen molar-refractivity contribution in [1.29, 1.82) is 0 Å². The summed E-state index contributed by atoms with van der Waals surface area (Å²) in [4.78, 5) is 17.5. The van der Waals surface area contributed by atoms with Crippen molar-refractivity contribution >= 4 is 38.7 Å². The Bertz CT molecular complexity index is 1730. The van der Waals surface area contributed by atoms with Crippen LogP contribution in [-0.4, -0.2) is 49.4 Å². The Hall–Kier alpha value is -3.89. The molecule has 40 heavy (non-hydrogen) atoms. The number of allylic oxidation sites excluding steroid dienone is 1. The van der Waals surface area contributed by atoms with Crippen LogP contribution in [0.1, 0.15) is 65.4 Å². The number of benzene rings is 2. The average Bonchev–Trinajstić information content (AvgIpc) is 3.56. The van der Waals surface area contributed by atoms with Gasteiger partial charge in [-0.1, -0.05) is 25.3 Å². The maximum absolute atomic E-state index is 13.1. The van der Waals surface area contributed by atoms with Crippen molar-refractivity contribution < 1.29 is 22.4 Å². The second-order valence-corrected chi connectivity index (χ2v) is 12.5. The van der Waals surface area contributed by atoms with E-state index in [1.54, 1.807) is 31.7 Å². The van der Waals surface area contributed by atoms with Gasteiger partial charge in [-0.3, -0.25) is 4.79 Å². The summed E-state index contributed by atoms with van der Waals surface area (Å²) in [6.07, 6.45) is 11.1. The topological polar surface area (TPSA) is 107 Å². The SMILES string of the molecule is COc1ccc2c(c1)C=C(c1ncco1)Cn1c-2c(C2CCCCC2)c2ccc(C(=O)NS(=O)(=O)N(C)C)cc21. The number of carbonyl (C=O) groups excluding carboxylic acids is 1. The van der Waals surface area contributed by atoms with Crippen LogP contribution in [0.15, 0.2) is 53.3 Å². The number of rotatable bonds is 6. The molecule has 1 saturated carbocycles. The summed E-state index contributed by atoms with van der Waals surface area (Å²) in [7, 11) is 0.484. The van der Waals surface area contributed by atoms with Crippen molar-refractivity contribution in [2.45, 2.75) is 44.6 Å². The maximum atomic E-state index is 13.1. The number of hydrogen-bond donors (Lipinski definition) is 1. The van der Waals surface area contributed by atoms with Gasteiger partial charge in [-0.2, -0.15) is 12.7 Å². The minimum atomic E-state index is -3.93. The van der Waals surface area contributed by atoms with Gasteiger partial charge in [0.05, 0.1) is 25.5 Å². The quantitative estimate of drug-likeness (QED) is 0.336. The zero-order valence-electron chi connectivity index (χ0n) is 22.8. The van der Waals surface area contributed by atoms with E-state index in [2.05, 4.69) is 26.4 Å². The fourth-order valence-corrected chi connectivity index (χ4v) is 6.50. The number of ether oxygens (including phenoxy) is 1. The number of aromatic nitrogens is 2. The van der Waals surface area contributed by atoms with Gasteiger partial charge in [0.1, 0.15) is 12.0 Å². The zero-order valence-corrected chi connectivity index (χ0v) is 23.6. The molecular formula is C30H32N4O5S. The average molecular weight is 561 g/mol. The van der Waals surface area contributed by atoms with Gasteiger partial charge in [-0.25, -0.2) is 9.71 Å². The Morgan fingerprint density at radius 3 is 2.62 bits per heavy atom. The summed E-state index contributed by atoms with van der Waals surface area (Å²) in [6.45, 7) is 0.469. The summed E-state index contributed by atoms with van der Waals surface area (Å²) in [5, 5.41) is 1.07. The molecule has 4 aromatic rings. The summed E-state index contributed by atoms with van der Waals surface area (Å²) in [5.41, 5.74) is 6.48. The van der Waals surface area contributed by atoms with Gasteiger partial charge in [0.2, 0.25) is 5.89 Å². The van der Waals surface area contributed by atoms with Crippen molar-refractivity contribution in [3.8, 4) is 17.0 Å². The second-order valence-electron chi connectivity index (χ2n) is 10.6. The lowest BCUT2D eigenvalue weighted by Gasteiger charge is -2.24. The third kappa shape index (κ3) is 4.61. The molecule has 2 aliphatic rings. The van der Waals surface area contributed by atoms with Crippen LogP contribution < -0.4 is 9.46 Å². The molecule has 3 heterocycles. The molecule has 0 unspecified atom stereocenters. The largest absolute Gasteiger partial charge is 0.497 e. The summed E-state index contributed by atoms with van der Waals surface area (Å²) in [6, 6.07) is 11.6. The molecule has 2 aromatic carbocycles. The molecule has 0 spiro atoms. The van der Waals surface area contributed by atoms with Crippen LogP contribution in [0.3, 0.4) is 0 Å². The van der Waals surface area contributed by atoms with Crippen molar-refractivity contribution in [3.05, 3.63) is 71.4 Å². The van der Waals surface area contributed by atoms with E-state index >= 15 is 0 Å². The molecule has 1 amide bonds. The Labute approximate surface area is 233 Å². The predicted octanol–water partition coefficient (Wildman–Crippen LogP) is 5.44. The lowest BCUT2D eigenvalue weighted by atomic mass is 9.81. The molecule has 10 heteroatoms. The molecule has 6 rings (SSSR count). The van der Waals surface area contributed by atoms with Crippen LogP contribution in [0.5, 0.6) is 5.75 Å². The van der Waals surface area contributed by atoms with Gasteiger partial charge in [0.25, 0.3) is 5.91 Å². The minimum Gasteiger partial charge on any atom is -0.497 e. The van der Waals surface area contributed by atoms with Crippen molar-refractivity contribution in [3.63, 3.8) is 0 Å². The lowest BCUT2D eigenvalue weighted by molar-refractivity contribution is 0.0980. The second kappa shape index (κ2) is 10.3. The van der Waals surface area contributed by atoms with E-state index in [-0.39, 0.29) is 5.56 Å². The first-order chi connectivity index (χ1) is 19.3. The lowest BCUT2D eigenvalue weighted by Crippen LogP contribution is -2.39. The Morgan fingerprint density at radius 1 is 1.12 bits per heavy atom. The highest BCUT2D eigenvalue weighted by Crippen LogP contribution is 2.47. The molecule has 0 bridgehead atoms. The van der Waals surface area contributed by atoms with E-state index in [0.717, 1.165) is 56.2 Å². The van der Waals surface area contributed by atoms with Crippen LogP contribution in [0.2, 0.25) is 0 Å². The smallest absolute Gasteiger partial charge is 0.303 e. The van der Waals surface area contributed by atoms with Gasteiger partial charge in [0, 0.05) is 41.7 Å². The summed E-state index contributed by atoms with van der Waals surface area (Å²) in [5.74, 6) is 0.979. The van der Waals surface area contributed by atoms with Crippen LogP contribution >= 0.6 is 0 Å². The maximum Gasteiger partial charge on any atom is 0.303 e. The van der Waals surface area contributed by atoms with Gasteiger partial charge >= 0.3 is 10.2 Å². The Balaban J connectivity index is 1.60. The van der Waals surface area contributed by atoms with Crippen LogP contribution in [0.4, 0.5) is 0 Å². The van der Waals surface area contributed by atoms with Crippen LogP contribution in [-0.2, 0) is 16.8 Å². The van der Waals surface area contributed by atoms with E-state index in [9.17, 15) is 13.2 Å². The van der Waals surface area contributed by atoms with Crippen LogP contribution in [0, 0.1) is 0 Å². The summed E-state index contributed by atoms with van der Waals surface area (Å²) >= 11 is 0. The first-order valence-electron chi connectivity index (χ1n) is 13.5.